The van der Waals surface area contributed by atoms with E-state index in [2.05, 4.69) is 0 Å². The summed E-state index contributed by atoms with van der Waals surface area (Å²) in [4.78, 5) is 13.4. The highest BCUT2D eigenvalue weighted by molar-refractivity contribution is 5.78. The smallest absolute Gasteiger partial charge is 0.223 e. The third kappa shape index (κ3) is 2.98. The van der Waals surface area contributed by atoms with Gasteiger partial charge in [-0.05, 0) is 17.9 Å². The second-order valence-corrected chi connectivity index (χ2v) is 5.67. The summed E-state index contributed by atoms with van der Waals surface area (Å²) >= 11 is 0. The first-order chi connectivity index (χ1) is 9.40. The van der Waals surface area contributed by atoms with Gasteiger partial charge in [-0.25, -0.2) is 8.78 Å². The van der Waals surface area contributed by atoms with Crippen LogP contribution in [0.5, 0.6) is 0 Å². The Kier molecular flexibility index (Phi) is 4.38. The van der Waals surface area contributed by atoms with Gasteiger partial charge in [0.15, 0.2) is 11.6 Å². The number of carbonyl (C=O) groups is 1. The lowest BCUT2D eigenvalue weighted by Crippen LogP contribution is -2.31. The van der Waals surface area contributed by atoms with E-state index in [1.54, 1.807) is 0 Å². The second kappa shape index (κ2) is 5.87. The monoisotopic (exact) mass is 283 g/mol. The molecule has 0 radical (unpaired) electrons. The maximum atomic E-state index is 13.6. The van der Waals surface area contributed by atoms with Crippen molar-refractivity contribution < 1.29 is 18.7 Å². The van der Waals surface area contributed by atoms with Crippen molar-refractivity contribution in [3.63, 3.8) is 0 Å². The second-order valence-electron chi connectivity index (χ2n) is 5.67. The maximum absolute atomic E-state index is 13.6. The number of carbonyl (C=O) groups excluding carboxylic acids is 1. The van der Waals surface area contributed by atoms with Gasteiger partial charge >= 0.3 is 0 Å². The van der Waals surface area contributed by atoms with Crippen LogP contribution in [0.4, 0.5) is 8.78 Å². The van der Waals surface area contributed by atoms with Crippen LogP contribution in [0.15, 0.2) is 18.2 Å². The van der Waals surface area contributed by atoms with Gasteiger partial charge in [0.2, 0.25) is 5.91 Å². The summed E-state index contributed by atoms with van der Waals surface area (Å²) in [5.41, 5.74) is -0.106. The van der Waals surface area contributed by atoms with Crippen LogP contribution in [0.3, 0.4) is 0 Å². The summed E-state index contributed by atoms with van der Waals surface area (Å²) < 4.78 is 26.7. The Morgan fingerprint density at radius 1 is 1.40 bits per heavy atom. The van der Waals surface area contributed by atoms with Gasteiger partial charge in [0.25, 0.3) is 0 Å². The van der Waals surface area contributed by atoms with Gasteiger partial charge in [0.1, 0.15) is 0 Å². The molecule has 20 heavy (non-hydrogen) atoms. The van der Waals surface area contributed by atoms with E-state index in [-0.39, 0.29) is 23.9 Å². The van der Waals surface area contributed by atoms with Gasteiger partial charge in [0, 0.05) is 18.5 Å². The number of amides is 1. The Hall–Kier alpha value is -1.49. The topological polar surface area (TPSA) is 40.5 Å². The molecule has 0 aromatic heterocycles. The van der Waals surface area contributed by atoms with E-state index < -0.39 is 17.7 Å². The molecule has 1 aromatic carbocycles. The number of hydrogen-bond donors (Lipinski definition) is 1. The molecule has 1 aliphatic rings. The number of halogens is 2. The Balaban J connectivity index is 2.07. The van der Waals surface area contributed by atoms with E-state index in [0.29, 0.717) is 18.9 Å². The van der Waals surface area contributed by atoms with Gasteiger partial charge in [-0.15, -0.1) is 0 Å². The van der Waals surface area contributed by atoms with Crippen LogP contribution in [-0.2, 0) is 4.79 Å². The minimum absolute atomic E-state index is 0.00241. The number of nitrogens with zero attached hydrogens (tertiary/aromatic N) is 1. The number of hydrogen-bond acceptors (Lipinski definition) is 2. The van der Waals surface area contributed by atoms with Crippen LogP contribution < -0.4 is 0 Å². The molecule has 0 bridgehead atoms. The van der Waals surface area contributed by atoms with Crippen molar-refractivity contribution in [1.29, 1.82) is 0 Å². The molecule has 2 unspecified atom stereocenters. The fourth-order valence-corrected chi connectivity index (χ4v) is 2.51. The number of aliphatic hydroxyl groups is 1. The third-order valence-electron chi connectivity index (χ3n) is 3.92. The first-order valence-corrected chi connectivity index (χ1v) is 6.80. The summed E-state index contributed by atoms with van der Waals surface area (Å²) in [6.07, 6.45) is -0.753. The predicted octanol–water partition coefficient (Wildman–Crippen LogP) is 2.50. The van der Waals surface area contributed by atoms with Crippen LogP contribution in [0, 0.1) is 23.5 Å². The third-order valence-corrected chi connectivity index (χ3v) is 3.92. The Morgan fingerprint density at radius 2 is 2.10 bits per heavy atom. The molecule has 1 fully saturated rings. The molecule has 1 aliphatic heterocycles. The molecule has 110 valence electrons. The molecule has 0 saturated carbocycles. The fourth-order valence-electron chi connectivity index (χ4n) is 2.51. The maximum Gasteiger partial charge on any atom is 0.223 e. The quantitative estimate of drug-likeness (QED) is 0.922. The molecular formula is C15H19F2NO2. The van der Waals surface area contributed by atoms with Crippen molar-refractivity contribution in [3.05, 3.63) is 35.4 Å². The number of β-amino-alcohol motifs (C(OH)–C–C–N with tert-alkyl or cyclic N) is 1. The Bertz CT molecular complexity index is 505. The van der Waals surface area contributed by atoms with E-state index in [1.807, 2.05) is 13.8 Å². The molecule has 2 rings (SSSR count). The molecule has 1 heterocycles. The summed E-state index contributed by atoms with van der Waals surface area (Å²) in [6.45, 7) is 4.65. The van der Waals surface area contributed by atoms with E-state index in [4.69, 9.17) is 0 Å². The first-order valence-electron chi connectivity index (χ1n) is 6.80. The molecular weight excluding hydrogens is 264 g/mol. The Morgan fingerprint density at radius 3 is 2.70 bits per heavy atom. The van der Waals surface area contributed by atoms with E-state index in [1.165, 1.54) is 17.0 Å². The molecule has 0 aliphatic carbocycles. The van der Waals surface area contributed by atoms with Crippen LogP contribution in [0.25, 0.3) is 0 Å². The van der Waals surface area contributed by atoms with E-state index in [0.717, 1.165) is 6.07 Å². The number of likely N-dealkylation sites (tertiary alicyclic amines) is 1. The van der Waals surface area contributed by atoms with Gasteiger partial charge < -0.3 is 10.0 Å². The highest BCUT2D eigenvalue weighted by Crippen LogP contribution is 2.27. The number of rotatable bonds is 4. The Labute approximate surface area is 117 Å². The largest absolute Gasteiger partial charge is 0.386 e. The lowest BCUT2D eigenvalue weighted by atomic mass is 9.95. The van der Waals surface area contributed by atoms with Gasteiger partial charge in [-0.3, -0.25) is 4.79 Å². The van der Waals surface area contributed by atoms with Crippen molar-refractivity contribution >= 4 is 5.91 Å². The molecule has 1 amide bonds. The molecule has 1 saturated heterocycles. The molecule has 0 spiro atoms. The molecule has 2 atom stereocenters. The molecule has 3 nitrogen and oxygen atoms in total. The van der Waals surface area contributed by atoms with Crippen LogP contribution >= 0.6 is 0 Å². The summed E-state index contributed by atoms with van der Waals surface area (Å²) in [6, 6.07) is 3.69. The minimum Gasteiger partial charge on any atom is -0.386 e. The highest BCUT2D eigenvalue weighted by Gasteiger charge is 2.33. The average Bonchev–Trinajstić information content (AvgIpc) is 2.74. The summed E-state index contributed by atoms with van der Waals surface area (Å²) in [7, 11) is 0. The van der Waals surface area contributed by atoms with Crippen molar-refractivity contribution in [2.45, 2.75) is 26.4 Å². The van der Waals surface area contributed by atoms with Gasteiger partial charge in [-0.1, -0.05) is 26.0 Å². The van der Waals surface area contributed by atoms with Crippen LogP contribution in [-0.4, -0.2) is 29.0 Å². The predicted molar refractivity (Wildman–Crippen MR) is 70.8 cm³/mol. The normalized spacial score (nSPS) is 20.8. The van der Waals surface area contributed by atoms with Crippen molar-refractivity contribution in [3.8, 4) is 0 Å². The van der Waals surface area contributed by atoms with Crippen LogP contribution in [0.2, 0.25) is 0 Å². The molecule has 5 heteroatoms. The zero-order valence-corrected chi connectivity index (χ0v) is 11.6. The zero-order valence-electron chi connectivity index (χ0n) is 11.6. The number of aliphatic hydroxyl groups excluding tert-OH is 1. The standard InChI is InChI=1S/C15H19F2NO2/c1-9(2)10-6-14(20)18(7-10)8-13(19)11-4-3-5-12(16)15(11)17/h3-5,9-10,13,19H,6-8H2,1-2H3. The SMILES string of the molecule is CC(C)C1CC(=O)N(CC(O)c2cccc(F)c2F)C1. The van der Waals surface area contributed by atoms with E-state index in [9.17, 15) is 18.7 Å². The number of benzene rings is 1. The summed E-state index contributed by atoms with van der Waals surface area (Å²) in [5.74, 6) is -1.44. The van der Waals surface area contributed by atoms with Crippen LogP contribution in [0.1, 0.15) is 31.9 Å². The lowest BCUT2D eigenvalue weighted by molar-refractivity contribution is -0.129. The fraction of sp³-hybridized carbons (Fsp3) is 0.533. The van der Waals surface area contributed by atoms with Gasteiger partial charge in [0.05, 0.1) is 12.6 Å². The first kappa shape index (κ1) is 14.9. The highest BCUT2D eigenvalue weighted by atomic mass is 19.2. The molecule has 1 N–H and O–H groups in total. The molecule has 1 aromatic rings. The van der Waals surface area contributed by atoms with Crippen molar-refractivity contribution in [2.75, 3.05) is 13.1 Å². The van der Waals surface area contributed by atoms with Crippen molar-refractivity contribution in [2.24, 2.45) is 11.8 Å². The minimum atomic E-state index is -1.21. The zero-order chi connectivity index (χ0) is 14.9. The van der Waals surface area contributed by atoms with Crippen molar-refractivity contribution in [1.82, 2.24) is 4.90 Å². The average molecular weight is 283 g/mol. The summed E-state index contributed by atoms with van der Waals surface area (Å²) in [5, 5.41) is 10.0. The van der Waals surface area contributed by atoms with E-state index >= 15 is 0 Å². The van der Waals surface area contributed by atoms with Gasteiger partial charge in [-0.2, -0.15) is 0 Å². The lowest BCUT2D eigenvalue weighted by Gasteiger charge is -2.22.